The average molecular weight is 461 g/mol. The van der Waals surface area contributed by atoms with E-state index in [9.17, 15) is 21.6 Å². The maximum absolute atomic E-state index is 12.2. The van der Waals surface area contributed by atoms with Crippen LogP contribution in [-0.2, 0) is 31.2 Å². The van der Waals surface area contributed by atoms with E-state index in [1.807, 2.05) is 4.57 Å². The summed E-state index contributed by atoms with van der Waals surface area (Å²) in [5, 5.41) is 8.57. The van der Waals surface area contributed by atoms with Crippen molar-refractivity contribution < 1.29 is 21.6 Å². The van der Waals surface area contributed by atoms with Gasteiger partial charge < -0.3 is 9.88 Å². The molecule has 29 heavy (non-hydrogen) atoms. The third kappa shape index (κ3) is 5.50. The van der Waals surface area contributed by atoms with Crippen molar-refractivity contribution in [1.29, 1.82) is 0 Å². The van der Waals surface area contributed by atoms with Gasteiger partial charge in [0.1, 0.15) is 0 Å². The summed E-state index contributed by atoms with van der Waals surface area (Å²) in [6.45, 7) is 2.75. The number of imidazole rings is 1. The Bertz CT molecular complexity index is 1130. The fourth-order valence-electron chi connectivity index (χ4n) is 3.22. The van der Waals surface area contributed by atoms with Gasteiger partial charge in [-0.05, 0) is 31.0 Å². The number of benzene rings is 1. The number of hydrogen-bond donors (Lipinski definition) is 2. The number of rotatable bonds is 8. The lowest BCUT2D eigenvalue weighted by atomic mass is 10.3. The predicted molar refractivity (Wildman–Crippen MR) is 112 cm³/mol. The lowest BCUT2D eigenvalue weighted by molar-refractivity contribution is -0.119. The van der Waals surface area contributed by atoms with Gasteiger partial charge in [0.15, 0.2) is 15.0 Å². The molecule has 0 bridgehead atoms. The van der Waals surface area contributed by atoms with E-state index in [1.54, 1.807) is 6.07 Å². The van der Waals surface area contributed by atoms with Crippen molar-refractivity contribution in [2.24, 2.45) is 5.14 Å². The highest BCUT2D eigenvalue weighted by atomic mass is 32.2. The quantitative estimate of drug-likeness (QED) is 0.557. The molecule has 2 heterocycles. The Labute approximate surface area is 174 Å². The first-order chi connectivity index (χ1) is 13.6. The van der Waals surface area contributed by atoms with Gasteiger partial charge in [-0.2, -0.15) is 0 Å². The third-order valence-electron chi connectivity index (χ3n) is 4.68. The van der Waals surface area contributed by atoms with Crippen LogP contribution in [0.15, 0.2) is 28.3 Å². The number of nitrogens with one attached hydrogen (secondary N) is 1. The molecule has 1 saturated heterocycles. The summed E-state index contributed by atoms with van der Waals surface area (Å²) >= 11 is 1.24. The fourth-order valence-corrected chi connectivity index (χ4v) is 6.27. The lowest BCUT2D eigenvalue weighted by Crippen LogP contribution is -2.36. The Morgan fingerprint density at radius 3 is 2.79 bits per heavy atom. The number of carbonyl (C=O) groups excluding carboxylic acids is 1. The van der Waals surface area contributed by atoms with E-state index >= 15 is 0 Å². The van der Waals surface area contributed by atoms with E-state index in [2.05, 4.69) is 17.2 Å². The summed E-state index contributed by atoms with van der Waals surface area (Å²) < 4.78 is 48.2. The number of aromatic nitrogens is 2. The zero-order valence-electron chi connectivity index (χ0n) is 16.0. The van der Waals surface area contributed by atoms with Crippen molar-refractivity contribution in [2.75, 3.05) is 17.3 Å². The number of hydrogen-bond acceptors (Lipinski definition) is 7. The topological polar surface area (TPSA) is 141 Å². The first-order valence-corrected chi connectivity index (χ1v) is 13.6. The van der Waals surface area contributed by atoms with Gasteiger partial charge in [0, 0.05) is 12.6 Å². The number of aryl methyl sites for hydroxylation is 1. The number of nitrogens with zero attached hydrogens (tertiary/aromatic N) is 2. The molecular weight excluding hydrogens is 436 g/mol. The molecule has 12 heteroatoms. The third-order valence-corrected chi connectivity index (χ3v) is 8.33. The standard InChI is InChI=1S/C17H24N4O5S3/c1-2-3-7-21-15-5-4-13(29(18,25)26)9-14(15)20-17(21)27-10-16(22)19-12-6-8-28(23,24)11-12/h4-5,9,12H,2-3,6-8,10-11H2,1H3,(H,19,22)(H2,18,25,26)/t12-/m1/s1. The molecular formula is C17H24N4O5S3. The molecule has 9 nitrogen and oxygen atoms in total. The van der Waals surface area contributed by atoms with Gasteiger partial charge in [0.05, 0.1) is 33.2 Å². The summed E-state index contributed by atoms with van der Waals surface area (Å²) in [6.07, 6.45) is 2.31. The van der Waals surface area contributed by atoms with E-state index in [-0.39, 0.29) is 34.1 Å². The Hall–Kier alpha value is -1.63. The van der Waals surface area contributed by atoms with Gasteiger partial charge in [0.25, 0.3) is 0 Å². The zero-order chi connectivity index (χ0) is 21.2. The SMILES string of the molecule is CCCCn1c(SCC(=O)N[C@@H]2CCS(=O)(=O)C2)nc2cc(S(N)(=O)=O)ccc21. The Morgan fingerprint density at radius 1 is 1.41 bits per heavy atom. The molecule has 1 atom stereocenters. The minimum absolute atomic E-state index is 0.0122. The highest BCUT2D eigenvalue weighted by Gasteiger charge is 2.29. The monoisotopic (exact) mass is 460 g/mol. The van der Waals surface area contributed by atoms with Crippen LogP contribution in [-0.4, -0.2) is 55.6 Å². The fraction of sp³-hybridized carbons (Fsp3) is 0.529. The summed E-state index contributed by atoms with van der Waals surface area (Å²) in [5.74, 6) is -0.0796. The van der Waals surface area contributed by atoms with Crippen molar-refractivity contribution in [3.8, 4) is 0 Å². The van der Waals surface area contributed by atoms with Crippen LogP contribution >= 0.6 is 11.8 Å². The summed E-state index contributed by atoms with van der Waals surface area (Å²) in [6, 6.07) is 4.21. The van der Waals surface area contributed by atoms with E-state index in [0.29, 0.717) is 23.6 Å². The molecule has 1 aliphatic heterocycles. The number of sulfone groups is 1. The smallest absolute Gasteiger partial charge is 0.238 e. The molecule has 1 aromatic heterocycles. The van der Waals surface area contributed by atoms with Gasteiger partial charge in [-0.25, -0.2) is 27.0 Å². The number of unbranched alkanes of at least 4 members (excludes halogenated alkanes) is 1. The summed E-state index contributed by atoms with van der Waals surface area (Å²) in [4.78, 5) is 16.7. The van der Waals surface area contributed by atoms with E-state index in [0.717, 1.165) is 18.4 Å². The zero-order valence-corrected chi connectivity index (χ0v) is 18.4. The highest BCUT2D eigenvalue weighted by molar-refractivity contribution is 7.99. The van der Waals surface area contributed by atoms with Crippen LogP contribution in [0.5, 0.6) is 0 Å². The molecule has 3 N–H and O–H groups in total. The Kier molecular flexibility index (Phi) is 6.56. The normalized spacial score (nSPS) is 18.9. The van der Waals surface area contributed by atoms with Crippen molar-refractivity contribution in [1.82, 2.24) is 14.9 Å². The van der Waals surface area contributed by atoms with Crippen molar-refractivity contribution in [3.63, 3.8) is 0 Å². The minimum atomic E-state index is -3.83. The average Bonchev–Trinajstić information content (AvgIpc) is 3.15. The predicted octanol–water partition coefficient (Wildman–Crippen LogP) is 0.879. The summed E-state index contributed by atoms with van der Waals surface area (Å²) in [7, 11) is -6.89. The molecule has 3 rings (SSSR count). The number of nitrogens with two attached hydrogens (primary N) is 1. The van der Waals surface area contributed by atoms with E-state index < -0.39 is 19.9 Å². The van der Waals surface area contributed by atoms with Gasteiger partial charge >= 0.3 is 0 Å². The number of sulfonamides is 1. The first-order valence-electron chi connectivity index (χ1n) is 9.25. The molecule has 1 aromatic carbocycles. The summed E-state index contributed by atoms with van der Waals surface area (Å²) in [5.41, 5.74) is 1.27. The van der Waals surface area contributed by atoms with Gasteiger partial charge in [-0.15, -0.1) is 0 Å². The van der Waals surface area contributed by atoms with Crippen LogP contribution in [0.4, 0.5) is 0 Å². The van der Waals surface area contributed by atoms with Crippen LogP contribution in [0.25, 0.3) is 11.0 Å². The van der Waals surface area contributed by atoms with Crippen LogP contribution in [0.1, 0.15) is 26.2 Å². The van der Waals surface area contributed by atoms with Gasteiger partial charge in [-0.1, -0.05) is 25.1 Å². The number of thioether (sulfide) groups is 1. The maximum Gasteiger partial charge on any atom is 0.238 e. The van der Waals surface area contributed by atoms with Crippen molar-refractivity contribution in [2.45, 2.75) is 48.8 Å². The molecule has 1 amide bonds. The molecule has 2 aromatic rings. The second-order valence-electron chi connectivity index (χ2n) is 7.05. The largest absolute Gasteiger partial charge is 0.352 e. The number of carbonyl (C=O) groups is 1. The minimum Gasteiger partial charge on any atom is -0.352 e. The maximum atomic E-state index is 12.2. The van der Waals surface area contributed by atoms with E-state index in [1.165, 1.54) is 23.9 Å². The first kappa shape index (κ1) is 22.1. The molecule has 0 spiro atoms. The molecule has 0 aliphatic carbocycles. The number of primary sulfonamides is 1. The van der Waals surface area contributed by atoms with Crippen molar-refractivity contribution >= 4 is 48.6 Å². The molecule has 1 fully saturated rings. The number of fused-ring (bicyclic) bond motifs is 1. The Morgan fingerprint density at radius 2 is 2.17 bits per heavy atom. The van der Waals surface area contributed by atoms with Crippen LogP contribution in [0.2, 0.25) is 0 Å². The molecule has 0 unspecified atom stereocenters. The highest BCUT2D eigenvalue weighted by Crippen LogP contribution is 2.26. The lowest BCUT2D eigenvalue weighted by Gasteiger charge is -2.11. The Balaban J connectivity index is 1.77. The second kappa shape index (κ2) is 8.62. The molecule has 160 valence electrons. The van der Waals surface area contributed by atoms with Crippen LogP contribution in [0.3, 0.4) is 0 Å². The molecule has 0 saturated carbocycles. The van der Waals surface area contributed by atoms with E-state index in [4.69, 9.17) is 5.14 Å². The van der Waals surface area contributed by atoms with Crippen LogP contribution < -0.4 is 10.5 Å². The van der Waals surface area contributed by atoms with Crippen molar-refractivity contribution in [3.05, 3.63) is 18.2 Å². The second-order valence-corrected chi connectivity index (χ2v) is 11.8. The molecule has 0 radical (unpaired) electrons. The number of amides is 1. The van der Waals surface area contributed by atoms with Gasteiger partial charge in [0.2, 0.25) is 15.9 Å². The van der Waals surface area contributed by atoms with Crippen LogP contribution in [0, 0.1) is 0 Å². The van der Waals surface area contributed by atoms with Gasteiger partial charge in [-0.3, -0.25) is 4.79 Å². The molecule has 1 aliphatic rings.